The Balaban J connectivity index is 1.94. The summed E-state index contributed by atoms with van der Waals surface area (Å²) >= 11 is 0. The van der Waals surface area contributed by atoms with E-state index < -0.39 is 6.10 Å². The molecular weight excluding hydrogens is 302 g/mol. The molecule has 0 aromatic heterocycles. The lowest BCUT2D eigenvalue weighted by Gasteiger charge is -2.34. The highest BCUT2D eigenvalue weighted by atomic mass is 16.5. The zero-order chi connectivity index (χ0) is 17.9. The molecule has 2 rings (SSSR count). The number of aryl methyl sites for hydroxylation is 1. The maximum atomic E-state index is 12.6. The number of piperidine rings is 1. The summed E-state index contributed by atoms with van der Waals surface area (Å²) in [4.78, 5) is 14.4. The zero-order valence-corrected chi connectivity index (χ0v) is 15.6. The van der Waals surface area contributed by atoms with Gasteiger partial charge in [-0.1, -0.05) is 19.9 Å². The Morgan fingerprint density at radius 2 is 1.83 bits per heavy atom. The van der Waals surface area contributed by atoms with E-state index in [0.717, 1.165) is 18.6 Å². The van der Waals surface area contributed by atoms with Crippen LogP contribution >= 0.6 is 0 Å². The number of carbonyl (C=O) groups is 1. The zero-order valence-electron chi connectivity index (χ0n) is 15.6. The summed E-state index contributed by atoms with van der Waals surface area (Å²) < 4.78 is 5.88. The molecule has 1 fully saturated rings. The van der Waals surface area contributed by atoms with Gasteiger partial charge in [0.05, 0.1) is 6.10 Å². The first-order chi connectivity index (χ1) is 11.3. The first kappa shape index (κ1) is 18.8. The maximum absolute atomic E-state index is 12.6. The van der Waals surface area contributed by atoms with Crippen LogP contribution in [0.1, 0.15) is 57.6 Å². The summed E-state index contributed by atoms with van der Waals surface area (Å²) in [6.45, 7) is 11.5. The molecule has 0 aliphatic carbocycles. The minimum Gasteiger partial charge on any atom is -0.481 e. The second-order valence-corrected chi connectivity index (χ2v) is 7.34. The molecule has 1 amide bonds. The third-order valence-corrected chi connectivity index (χ3v) is 5.06. The van der Waals surface area contributed by atoms with E-state index in [1.807, 2.05) is 30.9 Å². The summed E-state index contributed by atoms with van der Waals surface area (Å²) in [5, 5.41) is 9.67. The van der Waals surface area contributed by atoms with Crippen LogP contribution in [0.4, 0.5) is 0 Å². The van der Waals surface area contributed by atoms with Gasteiger partial charge < -0.3 is 14.7 Å². The molecule has 0 spiro atoms. The van der Waals surface area contributed by atoms with Gasteiger partial charge in [0.2, 0.25) is 0 Å². The summed E-state index contributed by atoms with van der Waals surface area (Å²) in [6, 6.07) is 6.05. The maximum Gasteiger partial charge on any atom is 0.263 e. The average Bonchev–Trinajstić information content (AvgIpc) is 2.53. The fraction of sp³-hybridized carbons (Fsp3) is 0.650. The molecule has 2 atom stereocenters. The highest BCUT2D eigenvalue weighted by Crippen LogP contribution is 2.25. The molecule has 1 aliphatic heterocycles. The summed E-state index contributed by atoms with van der Waals surface area (Å²) in [6.07, 6.45) is 0.937. The fourth-order valence-corrected chi connectivity index (χ4v) is 3.48. The molecule has 0 radical (unpaired) electrons. The Hall–Kier alpha value is -1.55. The van der Waals surface area contributed by atoms with Crippen LogP contribution in [0.3, 0.4) is 0 Å². The summed E-state index contributed by atoms with van der Waals surface area (Å²) in [5.74, 6) is 1.56. The van der Waals surface area contributed by atoms with Crippen molar-refractivity contribution < 1.29 is 14.6 Å². The van der Waals surface area contributed by atoms with Crippen molar-refractivity contribution in [1.29, 1.82) is 0 Å². The van der Waals surface area contributed by atoms with Crippen molar-refractivity contribution in [3.05, 3.63) is 29.3 Å². The molecule has 1 saturated heterocycles. The normalized spacial score (nSPS) is 18.5. The van der Waals surface area contributed by atoms with Gasteiger partial charge in [0.15, 0.2) is 6.10 Å². The molecule has 1 heterocycles. The summed E-state index contributed by atoms with van der Waals surface area (Å²) in [5.41, 5.74) is 2.50. The number of benzene rings is 1. The molecule has 0 saturated carbocycles. The highest BCUT2D eigenvalue weighted by Gasteiger charge is 2.28. The van der Waals surface area contributed by atoms with Crippen molar-refractivity contribution in [2.24, 2.45) is 5.92 Å². The third-order valence-electron chi connectivity index (χ3n) is 5.06. The Morgan fingerprint density at radius 3 is 2.33 bits per heavy atom. The van der Waals surface area contributed by atoms with E-state index in [0.29, 0.717) is 24.9 Å². The molecule has 4 heteroatoms. The van der Waals surface area contributed by atoms with Crippen LogP contribution < -0.4 is 4.74 Å². The van der Waals surface area contributed by atoms with E-state index >= 15 is 0 Å². The van der Waals surface area contributed by atoms with E-state index in [-0.39, 0.29) is 12.0 Å². The van der Waals surface area contributed by atoms with Gasteiger partial charge in [-0.3, -0.25) is 4.79 Å². The molecule has 1 aliphatic rings. The lowest BCUT2D eigenvalue weighted by Crippen LogP contribution is -2.46. The van der Waals surface area contributed by atoms with Crippen LogP contribution in [-0.4, -0.2) is 41.2 Å². The van der Waals surface area contributed by atoms with Crippen molar-refractivity contribution in [2.45, 2.75) is 65.6 Å². The molecule has 24 heavy (non-hydrogen) atoms. The minimum atomic E-state index is -0.489. The van der Waals surface area contributed by atoms with Gasteiger partial charge >= 0.3 is 0 Å². The minimum absolute atomic E-state index is 0.0321. The van der Waals surface area contributed by atoms with E-state index in [4.69, 9.17) is 4.74 Å². The predicted molar refractivity (Wildman–Crippen MR) is 96.3 cm³/mol. The first-order valence-corrected chi connectivity index (χ1v) is 9.03. The number of hydrogen-bond donors (Lipinski definition) is 1. The van der Waals surface area contributed by atoms with Gasteiger partial charge in [-0.15, -0.1) is 0 Å². The van der Waals surface area contributed by atoms with E-state index in [2.05, 4.69) is 26.8 Å². The van der Waals surface area contributed by atoms with Gasteiger partial charge in [0, 0.05) is 13.1 Å². The van der Waals surface area contributed by atoms with Crippen LogP contribution in [0.2, 0.25) is 0 Å². The Bertz CT molecular complexity index is 560. The van der Waals surface area contributed by atoms with Crippen LogP contribution in [0.5, 0.6) is 5.75 Å². The molecule has 0 bridgehead atoms. The van der Waals surface area contributed by atoms with Crippen molar-refractivity contribution >= 4 is 5.91 Å². The number of amides is 1. The van der Waals surface area contributed by atoms with Crippen LogP contribution in [-0.2, 0) is 4.79 Å². The second kappa shape index (κ2) is 8.02. The van der Waals surface area contributed by atoms with Crippen molar-refractivity contribution in [2.75, 3.05) is 13.1 Å². The number of hydrogen-bond acceptors (Lipinski definition) is 3. The first-order valence-electron chi connectivity index (χ1n) is 9.03. The largest absolute Gasteiger partial charge is 0.481 e. The number of rotatable bonds is 5. The number of nitrogens with zero attached hydrogens (tertiary/aromatic N) is 1. The average molecular weight is 333 g/mol. The Labute approximate surface area is 145 Å². The predicted octanol–water partition coefficient (Wildman–Crippen LogP) is 3.51. The van der Waals surface area contributed by atoms with E-state index in [9.17, 15) is 9.90 Å². The van der Waals surface area contributed by atoms with Gasteiger partial charge in [0.1, 0.15) is 5.75 Å². The Morgan fingerprint density at radius 1 is 1.21 bits per heavy atom. The molecule has 1 aromatic rings. The van der Waals surface area contributed by atoms with Crippen LogP contribution in [0.25, 0.3) is 0 Å². The molecular formula is C20H31NO3. The quantitative estimate of drug-likeness (QED) is 0.897. The number of ether oxygens (including phenoxy) is 1. The van der Waals surface area contributed by atoms with Crippen molar-refractivity contribution in [1.82, 2.24) is 4.90 Å². The lowest BCUT2D eigenvalue weighted by molar-refractivity contribution is -0.139. The third kappa shape index (κ3) is 4.50. The van der Waals surface area contributed by atoms with Gasteiger partial charge in [-0.05, 0) is 68.7 Å². The van der Waals surface area contributed by atoms with Gasteiger partial charge in [-0.2, -0.15) is 0 Å². The number of likely N-dealkylation sites (tertiary alicyclic amines) is 1. The Kier molecular flexibility index (Phi) is 6.27. The van der Waals surface area contributed by atoms with Crippen LogP contribution in [0, 0.1) is 12.8 Å². The van der Waals surface area contributed by atoms with E-state index in [1.165, 1.54) is 11.1 Å². The fourth-order valence-electron chi connectivity index (χ4n) is 3.48. The smallest absolute Gasteiger partial charge is 0.263 e. The van der Waals surface area contributed by atoms with E-state index in [1.54, 1.807) is 0 Å². The monoisotopic (exact) mass is 333 g/mol. The highest BCUT2D eigenvalue weighted by molar-refractivity contribution is 5.81. The molecule has 4 nitrogen and oxygen atoms in total. The summed E-state index contributed by atoms with van der Waals surface area (Å²) in [7, 11) is 0. The SMILES string of the molecule is Cc1cc(OC(C)C(=O)N2CCC(C(C)O)CC2)ccc1C(C)C. The molecule has 1 N–H and O–H groups in total. The second-order valence-electron chi connectivity index (χ2n) is 7.34. The number of aliphatic hydroxyl groups is 1. The van der Waals surface area contributed by atoms with Crippen molar-refractivity contribution in [3.63, 3.8) is 0 Å². The molecule has 134 valence electrons. The topological polar surface area (TPSA) is 49.8 Å². The number of aliphatic hydroxyl groups excluding tert-OH is 1. The number of carbonyl (C=O) groups excluding carboxylic acids is 1. The molecule has 1 aromatic carbocycles. The molecule has 2 unspecified atom stereocenters. The van der Waals surface area contributed by atoms with Crippen molar-refractivity contribution in [3.8, 4) is 5.75 Å². The standard InChI is InChI=1S/C20H31NO3/c1-13(2)19-7-6-18(12-14(19)3)24-16(5)20(23)21-10-8-17(9-11-21)15(4)22/h6-7,12-13,15-17,22H,8-11H2,1-5H3. The van der Waals surface area contributed by atoms with Gasteiger partial charge in [0.25, 0.3) is 5.91 Å². The van der Waals surface area contributed by atoms with Crippen LogP contribution in [0.15, 0.2) is 18.2 Å². The van der Waals surface area contributed by atoms with Gasteiger partial charge in [-0.25, -0.2) is 0 Å². The lowest BCUT2D eigenvalue weighted by atomic mass is 9.92.